The number of amides is 1. The number of aromatic nitrogens is 3. The molecule has 5 rings (SSSR count). The van der Waals surface area contributed by atoms with Crippen molar-refractivity contribution in [3.05, 3.63) is 82.6 Å². The minimum atomic E-state index is -1.14. The molecule has 1 aliphatic carbocycles. The number of thioether (sulfide) groups is 1. The quantitative estimate of drug-likeness (QED) is 0.360. The number of carbonyl (C=O) groups is 3. The van der Waals surface area contributed by atoms with Gasteiger partial charge in [-0.3, -0.25) is 19.5 Å². The lowest BCUT2D eigenvalue weighted by atomic mass is 9.76. The average Bonchev–Trinajstić information content (AvgIpc) is 3.40. The number of nitrogens with two attached hydrogens (primary N) is 1. The van der Waals surface area contributed by atoms with Crippen molar-refractivity contribution >= 4 is 51.6 Å². The van der Waals surface area contributed by atoms with Gasteiger partial charge in [0.05, 0.1) is 34.6 Å². The Hall–Kier alpha value is -4.54. The zero-order valence-corrected chi connectivity index (χ0v) is 22.0. The number of Topliss-reactive ketones (excluding diaryl/α,β-unsaturated/α-hetero) is 1. The van der Waals surface area contributed by atoms with E-state index in [1.165, 1.54) is 23.5 Å². The van der Waals surface area contributed by atoms with Gasteiger partial charge in [-0.25, -0.2) is 4.79 Å². The number of benzene rings is 1. The number of aromatic carboxylic acids is 1. The summed E-state index contributed by atoms with van der Waals surface area (Å²) < 4.78 is 0.469. The van der Waals surface area contributed by atoms with Crippen molar-refractivity contribution in [2.45, 2.75) is 29.5 Å². The summed E-state index contributed by atoms with van der Waals surface area (Å²) in [6, 6.07) is 11.9. The van der Waals surface area contributed by atoms with Crippen LogP contribution in [0.25, 0.3) is 0 Å². The largest absolute Gasteiger partial charge is 0.478 e. The van der Waals surface area contributed by atoms with Crippen LogP contribution in [0, 0.1) is 11.3 Å². The van der Waals surface area contributed by atoms with Crippen molar-refractivity contribution in [1.29, 1.82) is 5.26 Å². The van der Waals surface area contributed by atoms with Gasteiger partial charge in [0, 0.05) is 30.1 Å². The third-order valence-corrected chi connectivity index (χ3v) is 8.32. The zero-order valence-electron chi connectivity index (χ0n) is 20.3. The number of hydrogen-bond acceptors (Lipinski definition) is 11. The highest BCUT2D eigenvalue weighted by atomic mass is 32.2. The van der Waals surface area contributed by atoms with Crippen LogP contribution in [-0.4, -0.2) is 43.7 Å². The standard InChI is InChI=1S/C26H21N7O4S2/c27-11-16-21(14-5-4-10-29-12-14)22-18(8-3-9-19(22)34)33(23(16)28)25-31-32-26(39-25)38-13-20(35)30-17-7-2-1-6-15(17)24(36)37/h1-2,4-7,10,12,21H,3,8-9,13,28H2,(H,30,35)(H,36,37). The molecule has 0 radical (unpaired) electrons. The van der Waals surface area contributed by atoms with Gasteiger partial charge in [-0.15, -0.1) is 10.2 Å². The van der Waals surface area contributed by atoms with E-state index in [0.29, 0.717) is 45.6 Å². The van der Waals surface area contributed by atoms with E-state index in [1.807, 2.05) is 6.07 Å². The van der Waals surface area contributed by atoms with E-state index in [4.69, 9.17) is 5.73 Å². The summed E-state index contributed by atoms with van der Waals surface area (Å²) in [6.07, 6.45) is 4.85. The Balaban J connectivity index is 1.40. The van der Waals surface area contributed by atoms with E-state index >= 15 is 0 Å². The Morgan fingerprint density at radius 1 is 1.23 bits per heavy atom. The molecule has 0 bridgehead atoms. The maximum atomic E-state index is 13.2. The second-order valence-corrected chi connectivity index (χ2v) is 10.8. The third-order valence-electron chi connectivity index (χ3n) is 6.28. The highest BCUT2D eigenvalue weighted by molar-refractivity contribution is 8.01. The van der Waals surface area contributed by atoms with Crippen LogP contribution >= 0.6 is 23.1 Å². The Bertz CT molecular complexity index is 1580. The molecule has 1 aromatic carbocycles. The fourth-order valence-corrected chi connectivity index (χ4v) is 6.31. The SMILES string of the molecule is N#CC1=C(N)N(c2nnc(SCC(=O)Nc3ccccc3C(=O)O)s2)C2=C(C(=O)CCC2)C1c1cccnc1. The summed E-state index contributed by atoms with van der Waals surface area (Å²) in [5.41, 5.74) is 8.88. The molecule has 2 aliphatic rings. The van der Waals surface area contributed by atoms with Gasteiger partial charge < -0.3 is 16.2 Å². The molecule has 13 heteroatoms. The first kappa shape index (κ1) is 26.1. The van der Waals surface area contributed by atoms with Crippen molar-refractivity contribution in [2.75, 3.05) is 16.0 Å². The normalized spacial score (nSPS) is 17.1. The summed E-state index contributed by atoms with van der Waals surface area (Å²) >= 11 is 2.30. The Kier molecular flexibility index (Phi) is 7.40. The number of allylic oxidation sites excluding steroid dienone is 3. The molecule has 4 N–H and O–H groups in total. The van der Waals surface area contributed by atoms with E-state index < -0.39 is 17.8 Å². The second kappa shape index (κ2) is 11.1. The molecule has 0 spiro atoms. The third kappa shape index (κ3) is 5.12. The first-order valence-corrected chi connectivity index (χ1v) is 13.6. The van der Waals surface area contributed by atoms with Crippen LogP contribution in [0.3, 0.4) is 0 Å². The molecular weight excluding hydrogens is 538 g/mol. The van der Waals surface area contributed by atoms with Crippen LogP contribution in [-0.2, 0) is 9.59 Å². The number of para-hydroxylation sites is 1. The molecular formula is C26H21N7O4S2. The monoisotopic (exact) mass is 559 g/mol. The maximum Gasteiger partial charge on any atom is 0.337 e. The lowest BCUT2D eigenvalue weighted by Gasteiger charge is -2.37. The number of nitriles is 1. The number of anilines is 2. The van der Waals surface area contributed by atoms with E-state index in [0.717, 1.165) is 11.8 Å². The minimum absolute atomic E-state index is 0.00888. The molecule has 1 aliphatic heterocycles. The summed E-state index contributed by atoms with van der Waals surface area (Å²) in [6.45, 7) is 0. The summed E-state index contributed by atoms with van der Waals surface area (Å²) in [4.78, 5) is 42.8. The first-order valence-electron chi connectivity index (χ1n) is 11.8. The fraction of sp³-hybridized carbons (Fsp3) is 0.192. The smallest absolute Gasteiger partial charge is 0.337 e. The van der Waals surface area contributed by atoms with Crippen molar-refractivity contribution in [2.24, 2.45) is 5.73 Å². The van der Waals surface area contributed by atoms with Crippen LogP contribution in [0.15, 0.2) is 75.8 Å². The van der Waals surface area contributed by atoms with E-state index in [-0.39, 0.29) is 34.2 Å². The number of carboxylic acid groups (broad SMARTS) is 1. The molecule has 1 amide bonds. The number of nitrogens with one attached hydrogen (secondary N) is 1. The summed E-state index contributed by atoms with van der Waals surface area (Å²) in [7, 11) is 0. The van der Waals surface area contributed by atoms with Crippen molar-refractivity contribution in [1.82, 2.24) is 15.2 Å². The van der Waals surface area contributed by atoms with Gasteiger partial charge in [0.25, 0.3) is 0 Å². The first-order chi connectivity index (χ1) is 18.9. The van der Waals surface area contributed by atoms with E-state index in [2.05, 4.69) is 26.6 Å². The number of hydrogen-bond donors (Lipinski definition) is 3. The zero-order chi connectivity index (χ0) is 27.5. The molecule has 196 valence electrons. The lowest BCUT2D eigenvalue weighted by Crippen LogP contribution is -2.38. The summed E-state index contributed by atoms with van der Waals surface area (Å²) in [5, 5.41) is 30.8. The van der Waals surface area contributed by atoms with Gasteiger partial charge in [-0.05, 0) is 36.6 Å². The van der Waals surface area contributed by atoms with Gasteiger partial charge in [0.15, 0.2) is 10.1 Å². The molecule has 11 nitrogen and oxygen atoms in total. The Labute approximate surface area is 231 Å². The van der Waals surface area contributed by atoms with Crippen LogP contribution in [0.4, 0.5) is 10.8 Å². The number of rotatable bonds is 7. The predicted molar refractivity (Wildman–Crippen MR) is 145 cm³/mol. The average molecular weight is 560 g/mol. The highest BCUT2D eigenvalue weighted by Crippen LogP contribution is 2.46. The minimum Gasteiger partial charge on any atom is -0.478 e. The maximum absolute atomic E-state index is 13.2. The predicted octanol–water partition coefficient (Wildman–Crippen LogP) is 3.67. The Morgan fingerprint density at radius 3 is 2.79 bits per heavy atom. The number of carbonyl (C=O) groups excluding carboxylic acids is 2. The van der Waals surface area contributed by atoms with Crippen LogP contribution in [0.5, 0.6) is 0 Å². The van der Waals surface area contributed by atoms with Crippen molar-refractivity contribution in [3.63, 3.8) is 0 Å². The Morgan fingerprint density at radius 2 is 2.05 bits per heavy atom. The van der Waals surface area contributed by atoms with E-state index in [9.17, 15) is 24.8 Å². The van der Waals surface area contributed by atoms with Gasteiger partial charge in [0.1, 0.15) is 5.82 Å². The molecule has 1 unspecified atom stereocenters. The molecule has 0 fully saturated rings. The molecule has 3 heterocycles. The number of pyridine rings is 1. The van der Waals surface area contributed by atoms with Crippen LogP contribution in [0.1, 0.15) is 41.1 Å². The van der Waals surface area contributed by atoms with Gasteiger partial charge in [-0.2, -0.15) is 5.26 Å². The van der Waals surface area contributed by atoms with E-state index in [1.54, 1.807) is 35.5 Å². The number of carboxylic acids is 1. The highest BCUT2D eigenvalue weighted by Gasteiger charge is 2.41. The molecule has 2 aromatic heterocycles. The molecule has 1 atom stereocenters. The van der Waals surface area contributed by atoms with Crippen molar-refractivity contribution < 1.29 is 19.5 Å². The topological polar surface area (TPSA) is 175 Å². The fourth-order valence-electron chi connectivity index (χ4n) is 4.63. The summed E-state index contributed by atoms with van der Waals surface area (Å²) in [5.74, 6) is -2.06. The van der Waals surface area contributed by atoms with Crippen LogP contribution in [0.2, 0.25) is 0 Å². The van der Waals surface area contributed by atoms with Gasteiger partial charge in [0.2, 0.25) is 11.0 Å². The number of nitrogens with zero attached hydrogens (tertiary/aromatic N) is 5. The number of ketones is 1. The molecule has 39 heavy (non-hydrogen) atoms. The van der Waals surface area contributed by atoms with Gasteiger partial charge >= 0.3 is 5.97 Å². The molecule has 0 saturated carbocycles. The van der Waals surface area contributed by atoms with Gasteiger partial charge in [-0.1, -0.05) is 41.3 Å². The molecule has 0 saturated heterocycles. The van der Waals surface area contributed by atoms with Crippen LogP contribution < -0.4 is 16.0 Å². The lowest BCUT2D eigenvalue weighted by molar-refractivity contribution is -0.116. The molecule has 3 aromatic rings. The van der Waals surface area contributed by atoms with Crippen molar-refractivity contribution in [3.8, 4) is 6.07 Å². The second-order valence-electron chi connectivity index (χ2n) is 8.64.